The SMILES string of the molecule is CC(C)C1CCN(C(=O)C(C(=O)O)C(C)(C)C)CC1. The molecule has 1 fully saturated rings. The number of piperidine rings is 1. The van der Waals surface area contributed by atoms with Crippen LogP contribution in [-0.2, 0) is 9.59 Å². The lowest BCUT2D eigenvalue weighted by atomic mass is 9.79. The second kappa shape index (κ2) is 5.93. The van der Waals surface area contributed by atoms with Gasteiger partial charge in [-0.15, -0.1) is 0 Å². The molecule has 0 radical (unpaired) electrons. The fourth-order valence-corrected chi connectivity index (χ4v) is 2.82. The molecule has 1 atom stereocenters. The summed E-state index contributed by atoms with van der Waals surface area (Å²) in [5.74, 6) is -0.883. The van der Waals surface area contributed by atoms with Crippen LogP contribution in [0.4, 0.5) is 0 Å². The molecule has 4 nitrogen and oxygen atoms in total. The van der Waals surface area contributed by atoms with Crippen molar-refractivity contribution in [3.8, 4) is 0 Å². The first-order chi connectivity index (χ1) is 8.64. The largest absolute Gasteiger partial charge is 0.481 e. The molecule has 1 unspecified atom stereocenters. The predicted molar refractivity (Wildman–Crippen MR) is 74.7 cm³/mol. The van der Waals surface area contributed by atoms with Gasteiger partial charge in [-0.05, 0) is 30.1 Å². The van der Waals surface area contributed by atoms with E-state index in [0.717, 1.165) is 12.8 Å². The van der Waals surface area contributed by atoms with Crippen LogP contribution >= 0.6 is 0 Å². The summed E-state index contributed by atoms with van der Waals surface area (Å²) in [4.78, 5) is 25.5. The summed E-state index contributed by atoms with van der Waals surface area (Å²) in [5.41, 5.74) is -0.544. The number of nitrogens with zero attached hydrogens (tertiary/aromatic N) is 1. The van der Waals surface area contributed by atoms with Crippen LogP contribution in [0, 0.1) is 23.2 Å². The van der Waals surface area contributed by atoms with Gasteiger partial charge in [-0.1, -0.05) is 34.6 Å². The number of carboxylic acid groups (broad SMARTS) is 1. The van der Waals surface area contributed by atoms with Gasteiger partial charge in [-0.3, -0.25) is 9.59 Å². The first kappa shape index (κ1) is 16.0. The molecule has 19 heavy (non-hydrogen) atoms. The second-order valence-corrected chi connectivity index (χ2v) is 7.04. The Labute approximate surface area is 116 Å². The van der Waals surface area contributed by atoms with Gasteiger partial charge in [0.05, 0.1) is 0 Å². The first-order valence-corrected chi connectivity index (χ1v) is 7.16. The lowest BCUT2D eigenvalue weighted by molar-refractivity contribution is -0.157. The standard InChI is InChI=1S/C15H27NO3/c1-10(2)11-6-8-16(9-7-11)13(17)12(14(18)19)15(3,4)5/h10-12H,6-9H2,1-5H3,(H,18,19). The van der Waals surface area contributed by atoms with E-state index in [1.165, 1.54) is 0 Å². The van der Waals surface area contributed by atoms with E-state index in [-0.39, 0.29) is 5.91 Å². The summed E-state index contributed by atoms with van der Waals surface area (Å²) in [6, 6.07) is 0. The molecule has 1 N–H and O–H groups in total. The Balaban J connectivity index is 2.71. The summed E-state index contributed by atoms with van der Waals surface area (Å²) in [5, 5.41) is 9.30. The Morgan fingerprint density at radius 2 is 1.63 bits per heavy atom. The Kier molecular flexibility index (Phi) is 4.99. The van der Waals surface area contributed by atoms with Gasteiger partial charge in [-0.25, -0.2) is 0 Å². The van der Waals surface area contributed by atoms with Gasteiger partial charge >= 0.3 is 5.97 Å². The topological polar surface area (TPSA) is 57.6 Å². The molecule has 0 bridgehead atoms. The normalized spacial score (nSPS) is 19.6. The lowest BCUT2D eigenvalue weighted by Crippen LogP contribution is -2.48. The minimum Gasteiger partial charge on any atom is -0.481 e. The van der Waals surface area contributed by atoms with E-state index in [2.05, 4.69) is 13.8 Å². The van der Waals surface area contributed by atoms with Gasteiger partial charge in [0.1, 0.15) is 5.92 Å². The molecule has 1 aliphatic heterocycles. The highest BCUT2D eigenvalue weighted by Gasteiger charge is 2.41. The van der Waals surface area contributed by atoms with E-state index < -0.39 is 17.3 Å². The average Bonchev–Trinajstić information content (AvgIpc) is 2.26. The van der Waals surface area contributed by atoms with Gasteiger partial charge in [-0.2, -0.15) is 0 Å². The van der Waals surface area contributed by atoms with Crippen LogP contribution in [0.2, 0.25) is 0 Å². The molecule has 1 amide bonds. The Hall–Kier alpha value is -1.06. The highest BCUT2D eigenvalue weighted by molar-refractivity contribution is 5.97. The lowest BCUT2D eigenvalue weighted by Gasteiger charge is -2.37. The van der Waals surface area contributed by atoms with Crippen LogP contribution in [0.25, 0.3) is 0 Å². The average molecular weight is 269 g/mol. The molecule has 1 heterocycles. The highest BCUT2D eigenvalue weighted by atomic mass is 16.4. The molecular formula is C15H27NO3. The zero-order valence-corrected chi connectivity index (χ0v) is 12.8. The van der Waals surface area contributed by atoms with Crippen LogP contribution in [0.1, 0.15) is 47.5 Å². The fourth-order valence-electron chi connectivity index (χ4n) is 2.82. The van der Waals surface area contributed by atoms with Crippen LogP contribution < -0.4 is 0 Å². The van der Waals surface area contributed by atoms with Gasteiger partial charge in [0.15, 0.2) is 0 Å². The molecule has 0 aliphatic carbocycles. The van der Waals surface area contributed by atoms with E-state index >= 15 is 0 Å². The van der Waals surface area contributed by atoms with Crippen molar-refractivity contribution in [2.75, 3.05) is 13.1 Å². The van der Waals surface area contributed by atoms with E-state index in [1.807, 2.05) is 20.8 Å². The maximum Gasteiger partial charge on any atom is 0.316 e. The van der Waals surface area contributed by atoms with Crippen LogP contribution in [0.3, 0.4) is 0 Å². The van der Waals surface area contributed by atoms with E-state index in [4.69, 9.17) is 0 Å². The van der Waals surface area contributed by atoms with E-state index in [9.17, 15) is 14.7 Å². The number of amides is 1. The van der Waals surface area contributed by atoms with Crippen molar-refractivity contribution in [3.63, 3.8) is 0 Å². The third-order valence-electron chi connectivity index (χ3n) is 4.15. The van der Waals surface area contributed by atoms with Gasteiger partial charge < -0.3 is 10.0 Å². The maximum atomic E-state index is 12.4. The molecule has 0 aromatic rings. The van der Waals surface area contributed by atoms with Gasteiger partial charge in [0.2, 0.25) is 5.91 Å². The molecule has 0 aromatic carbocycles. The van der Waals surface area contributed by atoms with Gasteiger partial charge in [0.25, 0.3) is 0 Å². The first-order valence-electron chi connectivity index (χ1n) is 7.16. The Morgan fingerprint density at radius 3 is 1.95 bits per heavy atom. The number of rotatable bonds is 3. The molecule has 4 heteroatoms. The summed E-state index contributed by atoms with van der Waals surface area (Å²) >= 11 is 0. The number of carboxylic acids is 1. The molecule has 110 valence electrons. The molecule has 1 rings (SSSR count). The molecule has 1 aliphatic rings. The molecule has 0 aromatic heterocycles. The fraction of sp³-hybridized carbons (Fsp3) is 0.867. The second-order valence-electron chi connectivity index (χ2n) is 7.04. The number of carbonyl (C=O) groups excluding carboxylic acids is 1. The maximum absolute atomic E-state index is 12.4. The highest BCUT2D eigenvalue weighted by Crippen LogP contribution is 2.31. The number of likely N-dealkylation sites (tertiary alicyclic amines) is 1. The monoisotopic (exact) mass is 269 g/mol. The zero-order chi connectivity index (χ0) is 14.8. The Morgan fingerprint density at radius 1 is 1.16 bits per heavy atom. The molecule has 0 saturated carbocycles. The third-order valence-corrected chi connectivity index (χ3v) is 4.15. The predicted octanol–water partition coefficient (Wildman–Crippen LogP) is 2.63. The number of carbonyl (C=O) groups is 2. The third kappa shape index (κ3) is 3.95. The summed E-state index contributed by atoms with van der Waals surface area (Å²) in [6.07, 6.45) is 1.97. The number of hydrogen-bond donors (Lipinski definition) is 1. The van der Waals surface area contributed by atoms with Crippen molar-refractivity contribution in [2.24, 2.45) is 23.2 Å². The van der Waals surface area contributed by atoms with E-state index in [1.54, 1.807) is 4.90 Å². The van der Waals surface area contributed by atoms with Crippen LogP contribution in [0.15, 0.2) is 0 Å². The summed E-state index contributed by atoms with van der Waals surface area (Å²) < 4.78 is 0. The van der Waals surface area contributed by atoms with Gasteiger partial charge in [0, 0.05) is 13.1 Å². The summed E-state index contributed by atoms with van der Waals surface area (Å²) in [7, 11) is 0. The van der Waals surface area contributed by atoms with E-state index in [0.29, 0.717) is 24.9 Å². The number of aliphatic carboxylic acids is 1. The molecule has 1 saturated heterocycles. The minimum atomic E-state index is -1.01. The number of hydrogen-bond acceptors (Lipinski definition) is 2. The quantitative estimate of drug-likeness (QED) is 0.801. The smallest absolute Gasteiger partial charge is 0.316 e. The van der Waals surface area contributed by atoms with Crippen molar-refractivity contribution < 1.29 is 14.7 Å². The zero-order valence-electron chi connectivity index (χ0n) is 12.8. The van der Waals surface area contributed by atoms with Crippen molar-refractivity contribution in [3.05, 3.63) is 0 Å². The summed E-state index contributed by atoms with van der Waals surface area (Å²) in [6.45, 7) is 11.2. The van der Waals surface area contributed by atoms with Crippen molar-refractivity contribution in [2.45, 2.75) is 47.5 Å². The van der Waals surface area contributed by atoms with Crippen LogP contribution in [0.5, 0.6) is 0 Å². The minimum absolute atomic E-state index is 0.220. The van der Waals surface area contributed by atoms with Crippen molar-refractivity contribution in [1.82, 2.24) is 4.90 Å². The Bertz CT molecular complexity index is 336. The van der Waals surface area contributed by atoms with Crippen LogP contribution in [-0.4, -0.2) is 35.0 Å². The molecular weight excluding hydrogens is 242 g/mol. The molecule has 0 spiro atoms. The van der Waals surface area contributed by atoms with Crippen molar-refractivity contribution >= 4 is 11.9 Å². The van der Waals surface area contributed by atoms with Crippen molar-refractivity contribution in [1.29, 1.82) is 0 Å².